The molecule has 0 spiro atoms. The molecule has 7 heteroatoms. The number of hydrogen-bond acceptors (Lipinski definition) is 4. The van der Waals surface area contributed by atoms with Gasteiger partial charge in [-0.2, -0.15) is 5.10 Å². The van der Waals surface area contributed by atoms with Gasteiger partial charge in [-0.15, -0.1) is 0 Å². The first-order valence-corrected chi connectivity index (χ1v) is 7.54. The molecule has 3 rings (SSSR count). The van der Waals surface area contributed by atoms with Crippen LogP contribution in [-0.2, 0) is 11.3 Å². The number of nitrogens with one attached hydrogen (secondary N) is 2. The smallest absolute Gasteiger partial charge is 0.274 e. The highest BCUT2D eigenvalue weighted by atomic mass is 19.1. The number of nitrogens with two attached hydrogens (primary N) is 1. The molecule has 0 saturated heterocycles. The number of aromatic nitrogens is 2. The van der Waals surface area contributed by atoms with Gasteiger partial charge in [0.25, 0.3) is 5.91 Å². The zero-order valence-corrected chi connectivity index (χ0v) is 13.2. The summed E-state index contributed by atoms with van der Waals surface area (Å²) in [4.78, 5) is 12.2. The highest BCUT2D eigenvalue weighted by Gasteiger charge is 2.15. The molecule has 0 bridgehead atoms. The molecule has 0 aliphatic heterocycles. The number of anilines is 2. The number of carbonyl (C=O) groups excluding carboxylic acids is 1. The molecule has 0 unspecified atom stereocenters. The third-order valence-electron chi connectivity index (χ3n) is 3.58. The zero-order valence-electron chi connectivity index (χ0n) is 13.2. The summed E-state index contributed by atoms with van der Waals surface area (Å²) in [6.45, 7) is 0.372. The molecular formula is C18H20FN5O. The number of nitrogens with zero attached hydrogens (tertiary/aromatic N) is 2. The molecule has 0 aliphatic rings. The van der Waals surface area contributed by atoms with Crippen molar-refractivity contribution in [2.75, 3.05) is 11.1 Å². The van der Waals surface area contributed by atoms with Gasteiger partial charge in [0.05, 0.1) is 18.4 Å². The van der Waals surface area contributed by atoms with Crippen molar-refractivity contribution in [1.82, 2.24) is 9.78 Å². The van der Waals surface area contributed by atoms with E-state index in [9.17, 15) is 9.18 Å². The van der Waals surface area contributed by atoms with Crippen molar-refractivity contribution < 1.29 is 12.0 Å². The monoisotopic (exact) mass is 341 g/mol. The lowest BCUT2D eigenvalue weighted by atomic mass is 10.1. The van der Waals surface area contributed by atoms with Crippen LogP contribution >= 0.6 is 0 Å². The van der Waals surface area contributed by atoms with Crippen molar-refractivity contribution in [3.8, 4) is 0 Å². The van der Waals surface area contributed by atoms with Crippen molar-refractivity contribution in [3.05, 3.63) is 77.9 Å². The fourth-order valence-corrected chi connectivity index (χ4v) is 2.38. The minimum atomic E-state index is -0.580. The molecule has 4 N–H and O–H groups in total. The van der Waals surface area contributed by atoms with E-state index < -0.39 is 5.91 Å². The fraction of sp³-hybridized carbons (Fsp3) is 0.0556. The minimum Gasteiger partial charge on any atom is -0.398 e. The Bertz CT molecular complexity index is 945. The Kier molecular flexibility index (Phi) is 4.56. The molecule has 6 nitrogen and oxygen atoms in total. The summed E-state index contributed by atoms with van der Waals surface area (Å²) in [5, 5.41) is 14.7. The molecule has 25 heavy (non-hydrogen) atoms. The van der Waals surface area contributed by atoms with Crippen LogP contribution in [0.3, 0.4) is 0 Å². The first kappa shape index (κ1) is 16.4. The highest BCUT2D eigenvalue weighted by molar-refractivity contribution is 6.48. The molecule has 2 aromatic carbocycles. The van der Waals surface area contributed by atoms with Gasteiger partial charge < -0.3 is 11.1 Å². The van der Waals surface area contributed by atoms with Gasteiger partial charge in [-0.3, -0.25) is 14.9 Å². The Labute approximate surface area is 146 Å². The molecule has 0 aliphatic carbocycles. The topological polar surface area (TPSA) is 96.8 Å². The second-order valence-electron chi connectivity index (χ2n) is 5.47. The van der Waals surface area contributed by atoms with E-state index in [1.807, 2.05) is 0 Å². The highest BCUT2D eigenvalue weighted by Crippen LogP contribution is 2.13. The van der Waals surface area contributed by atoms with Crippen molar-refractivity contribution in [3.63, 3.8) is 0 Å². The zero-order chi connectivity index (χ0) is 17.8. The van der Waals surface area contributed by atoms with E-state index in [0.29, 0.717) is 23.5 Å². The van der Waals surface area contributed by atoms with Gasteiger partial charge in [0.15, 0.2) is 0 Å². The van der Waals surface area contributed by atoms with Gasteiger partial charge in [0.2, 0.25) is 0 Å². The Morgan fingerprint density at radius 2 is 2.08 bits per heavy atom. The summed E-state index contributed by atoms with van der Waals surface area (Å²) in [6.07, 6.45) is 3.09. The average Bonchev–Trinajstić information content (AvgIpc) is 3.01. The van der Waals surface area contributed by atoms with Crippen molar-refractivity contribution in [2.45, 2.75) is 6.54 Å². The second kappa shape index (κ2) is 6.96. The fourth-order valence-electron chi connectivity index (χ4n) is 2.38. The molecule has 130 valence electrons. The van der Waals surface area contributed by atoms with Crippen LogP contribution < -0.4 is 11.1 Å². The maximum atomic E-state index is 13.2. The molecule has 1 heterocycles. The lowest BCUT2D eigenvalue weighted by Crippen LogP contribution is -2.23. The van der Waals surface area contributed by atoms with Gasteiger partial charge in [0.1, 0.15) is 11.5 Å². The SMILES string of the molecule is N=C(C(=O)Nc1cnn(Cc2cccc(F)c2)c1)c1ccccc1N.[HH].[HH]. The number of halogens is 1. The molecule has 3 aromatic rings. The maximum Gasteiger partial charge on any atom is 0.274 e. The van der Waals surface area contributed by atoms with Crippen LogP contribution in [-0.4, -0.2) is 21.4 Å². The molecule has 1 amide bonds. The first-order valence-electron chi connectivity index (χ1n) is 7.54. The van der Waals surface area contributed by atoms with E-state index in [1.54, 1.807) is 47.3 Å². The molecule has 0 radical (unpaired) electrons. The van der Waals surface area contributed by atoms with Crippen LogP contribution in [0.1, 0.15) is 14.0 Å². The first-order chi connectivity index (χ1) is 12.0. The molecule has 1 aromatic heterocycles. The van der Waals surface area contributed by atoms with Gasteiger partial charge in [-0.05, 0) is 23.8 Å². The molecule has 0 atom stereocenters. The van der Waals surface area contributed by atoms with E-state index >= 15 is 0 Å². The molecule has 0 fully saturated rings. The number of benzene rings is 2. The Balaban J connectivity index is 0.00000182. The van der Waals surface area contributed by atoms with Crippen molar-refractivity contribution in [2.24, 2.45) is 0 Å². The summed E-state index contributed by atoms with van der Waals surface area (Å²) >= 11 is 0. The Hall–Kier alpha value is -3.48. The van der Waals surface area contributed by atoms with E-state index in [2.05, 4.69) is 10.4 Å². The van der Waals surface area contributed by atoms with Crippen LogP contribution in [0.15, 0.2) is 60.9 Å². The number of amides is 1. The predicted molar refractivity (Wildman–Crippen MR) is 98.3 cm³/mol. The third-order valence-corrected chi connectivity index (χ3v) is 3.58. The normalized spacial score (nSPS) is 10.4. The van der Waals surface area contributed by atoms with Gasteiger partial charge in [-0.25, -0.2) is 4.39 Å². The summed E-state index contributed by atoms with van der Waals surface area (Å²) < 4.78 is 14.8. The number of rotatable bonds is 5. The largest absolute Gasteiger partial charge is 0.398 e. The molecular weight excluding hydrogens is 321 g/mol. The van der Waals surface area contributed by atoms with Gasteiger partial charge in [-0.1, -0.05) is 30.3 Å². The van der Waals surface area contributed by atoms with E-state index in [4.69, 9.17) is 11.1 Å². The summed E-state index contributed by atoms with van der Waals surface area (Å²) in [5.41, 5.74) is 7.49. The van der Waals surface area contributed by atoms with Crippen LogP contribution in [0.5, 0.6) is 0 Å². The van der Waals surface area contributed by atoms with Crippen LogP contribution in [0.25, 0.3) is 0 Å². The summed E-state index contributed by atoms with van der Waals surface area (Å²) in [6, 6.07) is 12.9. The lowest BCUT2D eigenvalue weighted by molar-refractivity contribution is -0.110. The van der Waals surface area contributed by atoms with Crippen molar-refractivity contribution >= 4 is 23.0 Å². The molecule has 0 saturated carbocycles. The maximum absolute atomic E-state index is 13.2. The van der Waals surface area contributed by atoms with Crippen molar-refractivity contribution in [1.29, 1.82) is 5.41 Å². The van der Waals surface area contributed by atoms with Crippen LogP contribution in [0.2, 0.25) is 0 Å². The van der Waals surface area contributed by atoms with E-state index in [-0.39, 0.29) is 14.4 Å². The minimum absolute atomic E-state index is 0. The summed E-state index contributed by atoms with van der Waals surface area (Å²) in [5.74, 6) is -0.893. The number of nitrogen functional groups attached to an aromatic ring is 1. The van der Waals surface area contributed by atoms with Gasteiger partial charge in [0, 0.05) is 20.3 Å². The van der Waals surface area contributed by atoms with Crippen LogP contribution in [0.4, 0.5) is 15.8 Å². The number of carbonyl (C=O) groups is 1. The number of hydrogen-bond donors (Lipinski definition) is 3. The Morgan fingerprint density at radius 1 is 1.28 bits per heavy atom. The lowest BCUT2D eigenvalue weighted by Gasteiger charge is -2.07. The van der Waals surface area contributed by atoms with Crippen LogP contribution in [0, 0.1) is 11.2 Å². The van der Waals surface area contributed by atoms with E-state index in [0.717, 1.165) is 5.56 Å². The van der Waals surface area contributed by atoms with Gasteiger partial charge >= 0.3 is 0 Å². The van der Waals surface area contributed by atoms with E-state index in [1.165, 1.54) is 18.3 Å². The summed E-state index contributed by atoms with van der Waals surface area (Å²) in [7, 11) is 0. The standard InChI is InChI=1S/C18H16FN5O.2H2/c19-13-5-3-4-12(8-13)10-24-11-14(9-22-24)23-18(25)17(21)15-6-1-2-7-16(15)20;;/h1-9,11,21H,10,20H2,(H,23,25);2*1H. The second-order valence-corrected chi connectivity index (χ2v) is 5.47. The quantitative estimate of drug-likeness (QED) is 0.491. The number of para-hydroxylation sites is 1. The third kappa shape index (κ3) is 3.89. The Morgan fingerprint density at radius 3 is 2.84 bits per heavy atom. The predicted octanol–water partition coefficient (Wildman–Crippen LogP) is 3.15. The average molecular weight is 341 g/mol.